The first kappa shape index (κ1) is 27.5. The van der Waals surface area contributed by atoms with Crippen LogP contribution in [0.2, 0.25) is 0 Å². The monoisotopic (exact) mass is 596 g/mol. The lowest BCUT2D eigenvalue weighted by Gasteiger charge is -2.09. The molecule has 0 fully saturated rings. The van der Waals surface area contributed by atoms with Crippen molar-refractivity contribution < 1.29 is 18.3 Å². The minimum Gasteiger partial charge on any atom is -0.497 e. The minimum atomic E-state index is 0.391. The second kappa shape index (κ2) is 12.9. The van der Waals surface area contributed by atoms with Crippen molar-refractivity contribution in [3.05, 3.63) is 96.6 Å². The van der Waals surface area contributed by atoms with Crippen molar-refractivity contribution in [1.82, 2.24) is 30.4 Å². The molecule has 12 heteroatoms. The van der Waals surface area contributed by atoms with Gasteiger partial charge in [-0.25, -0.2) is 0 Å². The van der Waals surface area contributed by atoms with E-state index >= 15 is 0 Å². The lowest BCUT2D eigenvalue weighted by atomic mass is 10.0. The largest absolute Gasteiger partial charge is 0.497 e. The van der Waals surface area contributed by atoms with Crippen molar-refractivity contribution >= 4 is 23.5 Å². The molecule has 0 spiro atoms. The number of pyridine rings is 2. The van der Waals surface area contributed by atoms with Crippen molar-refractivity contribution in [2.45, 2.75) is 22.0 Å². The Morgan fingerprint density at radius 3 is 2.05 bits per heavy atom. The summed E-state index contributed by atoms with van der Waals surface area (Å²) in [4.78, 5) is 8.84. The first-order valence-corrected chi connectivity index (χ1v) is 14.8. The maximum atomic E-state index is 5.91. The van der Waals surface area contributed by atoms with Crippen molar-refractivity contribution in [2.24, 2.45) is 0 Å². The normalized spacial score (nSPS) is 11.0. The number of hydrogen-bond acceptors (Lipinski definition) is 12. The van der Waals surface area contributed by atoms with Gasteiger partial charge in [-0.15, -0.1) is 20.4 Å². The van der Waals surface area contributed by atoms with Crippen molar-refractivity contribution in [3.63, 3.8) is 0 Å². The fourth-order valence-corrected chi connectivity index (χ4v) is 5.38. The van der Waals surface area contributed by atoms with Crippen molar-refractivity contribution in [3.8, 4) is 45.5 Å². The molecule has 0 radical (unpaired) electrons. The van der Waals surface area contributed by atoms with Gasteiger partial charge in [-0.3, -0.25) is 9.97 Å². The molecule has 0 saturated carbocycles. The van der Waals surface area contributed by atoms with E-state index in [-0.39, 0.29) is 0 Å². The van der Waals surface area contributed by atoms with Gasteiger partial charge in [-0.2, -0.15) is 0 Å². The number of methoxy groups -OCH3 is 2. The molecule has 0 unspecified atom stereocenters. The maximum Gasteiger partial charge on any atom is 0.277 e. The van der Waals surface area contributed by atoms with Crippen LogP contribution in [0, 0.1) is 0 Å². The Labute approximate surface area is 249 Å². The van der Waals surface area contributed by atoms with Crippen molar-refractivity contribution in [1.29, 1.82) is 0 Å². The van der Waals surface area contributed by atoms with Crippen molar-refractivity contribution in [2.75, 3.05) is 14.2 Å². The highest BCUT2D eigenvalue weighted by atomic mass is 32.2. The summed E-state index contributed by atoms with van der Waals surface area (Å²) in [5, 5.41) is 17.7. The van der Waals surface area contributed by atoms with Gasteiger partial charge >= 0.3 is 0 Å². The van der Waals surface area contributed by atoms with E-state index in [9.17, 15) is 0 Å². The second-order valence-corrected chi connectivity index (χ2v) is 10.7. The summed E-state index contributed by atoms with van der Waals surface area (Å²) in [6.07, 6.45) is 3.55. The fourth-order valence-electron chi connectivity index (χ4n) is 4.03. The molecule has 0 bridgehead atoms. The van der Waals surface area contributed by atoms with Gasteiger partial charge in [0.15, 0.2) is 0 Å². The molecule has 0 aliphatic carbocycles. The molecule has 0 N–H and O–H groups in total. The minimum absolute atomic E-state index is 0.391. The molecule has 2 aromatic carbocycles. The van der Waals surface area contributed by atoms with Gasteiger partial charge in [-0.05, 0) is 71.8 Å². The van der Waals surface area contributed by atoms with E-state index in [0.29, 0.717) is 45.0 Å². The number of benzene rings is 2. The smallest absolute Gasteiger partial charge is 0.277 e. The van der Waals surface area contributed by atoms with Crippen LogP contribution in [0.5, 0.6) is 11.5 Å². The molecule has 4 heterocycles. The third kappa shape index (κ3) is 6.45. The molecule has 0 atom stereocenters. The van der Waals surface area contributed by atoms with E-state index in [0.717, 1.165) is 33.8 Å². The Morgan fingerprint density at radius 2 is 1.31 bits per heavy atom. The highest BCUT2D eigenvalue weighted by Gasteiger charge is 2.16. The van der Waals surface area contributed by atoms with Gasteiger partial charge in [0, 0.05) is 29.5 Å². The third-order valence-corrected chi connectivity index (χ3v) is 7.85. The number of hydrogen-bond donors (Lipinski definition) is 0. The van der Waals surface area contributed by atoms with Crippen LogP contribution in [-0.2, 0) is 11.5 Å². The van der Waals surface area contributed by atoms with E-state index < -0.39 is 0 Å². The van der Waals surface area contributed by atoms with Crippen LogP contribution in [0.1, 0.15) is 11.4 Å². The molecule has 0 aliphatic rings. The molecule has 210 valence electrons. The standard InChI is InChI=1S/C30H24N6O4S2/c1-37-24-9-6-19(7-10-24)27-33-35-29(39-27)42-18-23-15-21(12-14-32-23)20-8-11-25(26(16-20)38-2)28-34-36-30(40-28)41-17-22-5-3-4-13-31-22/h3-16H,17-18H2,1-2H3. The third-order valence-electron chi connectivity index (χ3n) is 6.14. The zero-order valence-corrected chi connectivity index (χ0v) is 24.3. The summed E-state index contributed by atoms with van der Waals surface area (Å²) in [5.41, 5.74) is 5.31. The first-order chi connectivity index (χ1) is 20.7. The number of aromatic nitrogens is 6. The van der Waals surface area contributed by atoms with Gasteiger partial charge in [0.2, 0.25) is 5.89 Å². The topological polar surface area (TPSA) is 122 Å². The quantitative estimate of drug-likeness (QED) is 0.145. The summed E-state index contributed by atoms with van der Waals surface area (Å²) in [6.45, 7) is 0. The van der Waals surface area contributed by atoms with Gasteiger partial charge in [0.1, 0.15) is 11.5 Å². The van der Waals surface area contributed by atoms with Crippen LogP contribution >= 0.6 is 23.5 Å². The van der Waals surface area contributed by atoms with Gasteiger partial charge < -0.3 is 18.3 Å². The molecule has 4 aromatic heterocycles. The van der Waals surface area contributed by atoms with Crippen LogP contribution in [0.3, 0.4) is 0 Å². The van der Waals surface area contributed by atoms with Gasteiger partial charge in [0.05, 0.1) is 31.2 Å². The Hall–Kier alpha value is -4.68. The van der Waals surface area contributed by atoms with Gasteiger partial charge in [-0.1, -0.05) is 35.7 Å². The lowest BCUT2D eigenvalue weighted by molar-refractivity contribution is 0.411. The van der Waals surface area contributed by atoms with Crippen LogP contribution in [0.15, 0.2) is 104 Å². The van der Waals surface area contributed by atoms with Gasteiger partial charge in [0.25, 0.3) is 16.3 Å². The zero-order chi connectivity index (χ0) is 28.7. The number of thioether (sulfide) groups is 2. The molecule has 0 aliphatic heterocycles. The van der Waals surface area contributed by atoms with Crippen LogP contribution < -0.4 is 9.47 Å². The Balaban J connectivity index is 1.12. The molecule has 10 nitrogen and oxygen atoms in total. The summed E-state index contributed by atoms with van der Waals surface area (Å²) < 4.78 is 22.6. The molecule has 6 rings (SSSR count). The summed E-state index contributed by atoms with van der Waals surface area (Å²) >= 11 is 2.86. The van der Waals surface area contributed by atoms with E-state index in [4.69, 9.17) is 18.3 Å². The molecular formula is C30H24N6O4S2. The van der Waals surface area contributed by atoms with E-state index in [1.807, 2.05) is 72.8 Å². The van der Waals surface area contributed by atoms with Crippen LogP contribution in [0.25, 0.3) is 34.0 Å². The number of ether oxygens (including phenoxy) is 2. The Kier molecular flexibility index (Phi) is 8.43. The average molecular weight is 597 g/mol. The predicted octanol–water partition coefficient (Wildman–Crippen LogP) is 6.85. The van der Waals surface area contributed by atoms with Crippen LogP contribution in [-0.4, -0.2) is 44.6 Å². The second-order valence-electron chi connectivity index (χ2n) is 8.82. The van der Waals surface area contributed by atoms with Crippen LogP contribution in [0.4, 0.5) is 0 Å². The highest BCUT2D eigenvalue weighted by Crippen LogP contribution is 2.35. The summed E-state index contributed by atoms with van der Waals surface area (Å²) in [5.74, 6) is 3.44. The maximum absolute atomic E-state index is 5.91. The predicted molar refractivity (Wildman–Crippen MR) is 159 cm³/mol. The molecule has 42 heavy (non-hydrogen) atoms. The molecule has 0 amide bonds. The number of rotatable bonds is 11. The first-order valence-electron chi connectivity index (χ1n) is 12.8. The Bertz CT molecular complexity index is 1780. The molecule has 0 saturated heterocycles. The van der Waals surface area contributed by atoms with E-state index in [1.54, 1.807) is 26.6 Å². The lowest BCUT2D eigenvalue weighted by Crippen LogP contribution is -1.91. The average Bonchev–Trinajstić information content (AvgIpc) is 3.73. The van der Waals surface area contributed by atoms with E-state index in [1.165, 1.54) is 23.5 Å². The van der Waals surface area contributed by atoms with E-state index in [2.05, 4.69) is 30.4 Å². The Morgan fingerprint density at radius 1 is 0.619 bits per heavy atom. The summed E-state index contributed by atoms with van der Waals surface area (Å²) in [7, 11) is 3.25. The fraction of sp³-hybridized carbons (Fsp3) is 0.133. The highest BCUT2D eigenvalue weighted by molar-refractivity contribution is 7.98. The summed E-state index contributed by atoms with van der Waals surface area (Å²) in [6, 6.07) is 23.1. The molecule has 6 aromatic rings. The SMILES string of the molecule is COc1ccc(-c2nnc(SCc3cc(-c4ccc(-c5nnc(SCc6ccccn6)o5)c(OC)c4)ccn3)o2)cc1. The molecular weight excluding hydrogens is 573 g/mol. The number of nitrogens with zero attached hydrogens (tertiary/aromatic N) is 6. The zero-order valence-electron chi connectivity index (χ0n) is 22.6.